The van der Waals surface area contributed by atoms with Gasteiger partial charge in [0.15, 0.2) is 5.17 Å². The summed E-state index contributed by atoms with van der Waals surface area (Å²) in [4.78, 5) is 19.0. The topological polar surface area (TPSA) is 41.9 Å². The number of ether oxygens (including phenoxy) is 1. The van der Waals surface area contributed by atoms with Crippen molar-refractivity contribution in [1.82, 2.24) is 4.90 Å². The number of halogens is 3. The highest BCUT2D eigenvalue weighted by Gasteiger charge is 2.25. The van der Waals surface area contributed by atoms with Gasteiger partial charge in [0.1, 0.15) is 5.75 Å². The molecule has 1 amide bonds. The Balaban J connectivity index is 1.87. The van der Waals surface area contributed by atoms with Crippen molar-refractivity contribution in [2.45, 2.75) is 20.0 Å². The molecule has 1 aliphatic heterocycles. The van der Waals surface area contributed by atoms with E-state index in [2.05, 4.69) is 9.73 Å². The van der Waals surface area contributed by atoms with Crippen LogP contribution >= 0.6 is 23.4 Å². The monoisotopic (exact) mass is 410 g/mol. The van der Waals surface area contributed by atoms with Crippen molar-refractivity contribution in [1.29, 1.82) is 0 Å². The number of rotatable bonds is 4. The van der Waals surface area contributed by atoms with E-state index in [0.29, 0.717) is 22.4 Å². The number of carbonyl (C=O) groups excluding carboxylic acids is 1. The van der Waals surface area contributed by atoms with E-state index < -0.39 is 6.61 Å². The number of amides is 1. The summed E-state index contributed by atoms with van der Waals surface area (Å²) in [5, 5.41) is 1.17. The van der Waals surface area contributed by atoms with E-state index in [0.717, 1.165) is 17.7 Å². The SMILES string of the molecule is Cc1ccc(N=C2SCCCN2C(=O)c2cccc(OC(F)F)c2)cc1Cl. The van der Waals surface area contributed by atoms with Gasteiger partial charge in [0.2, 0.25) is 0 Å². The minimum Gasteiger partial charge on any atom is -0.435 e. The van der Waals surface area contributed by atoms with Gasteiger partial charge < -0.3 is 4.74 Å². The van der Waals surface area contributed by atoms with Crippen molar-refractivity contribution < 1.29 is 18.3 Å². The van der Waals surface area contributed by atoms with Crippen LogP contribution in [0.15, 0.2) is 47.5 Å². The fourth-order valence-electron chi connectivity index (χ4n) is 2.56. The number of nitrogens with zero attached hydrogens (tertiary/aromatic N) is 2. The number of aryl methyl sites for hydroxylation is 1. The van der Waals surface area contributed by atoms with E-state index in [1.54, 1.807) is 17.0 Å². The van der Waals surface area contributed by atoms with Gasteiger partial charge in [0.05, 0.1) is 5.69 Å². The van der Waals surface area contributed by atoms with Gasteiger partial charge in [-0.05, 0) is 49.2 Å². The zero-order valence-electron chi connectivity index (χ0n) is 14.5. The molecule has 1 aliphatic rings. The Morgan fingerprint density at radius 2 is 2.11 bits per heavy atom. The molecule has 0 aromatic heterocycles. The summed E-state index contributed by atoms with van der Waals surface area (Å²) < 4.78 is 29.2. The standard InChI is InChI=1S/C19H17ClF2N2O2S/c1-12-6-7-14(11-16(12)20)23-19-24(8-3-9-27-19)17(25)13-4-2-5-15(10-13)26-18(21)22/h2,4-7,10-11,18H,3,8-9H2,1H3. The average molecular weight is 411 g/mol. The molecule has 0 unspecified atom stereocenters. The highest BCUT2D eigenvalue weighted by molar-refractivity contribution is 8.13. The Bertz CT molecular complexity index is 877. The summed E-state index contributed by atoms with van der Waals surface area (Å²) in [7, 11) is 0. The highest BCUT2D eigenvalue weighted by atomic mass is 35.5. The summed E-state index contributed by atoms with van der Waals surface area (Å²) in [5.41, 5.74) is 1.87. The summed E-state index contributed by atoms with van der Waals surface area (Å²) in [5.74, 6) is 0.486. The largest absolute Gasteiger partial charge is 0.435 e. The normalized spacial score (nSPS) is 16.0. The van der Waals surface area contributed by atoms with Gasteiger partial charge in [-0.15, -0.1) is 0 Å². The number of benzene rings is 2. The van der Waals surface area contributed by atoms with Crippen LogP contribution in [0.4, 0.5) is 14.5 Å². The first kappa shape index (κ1) is 19.6. The molecule has 1 heterocycles. The summed E-state index contributed by atoms with van der Waals surface area (Å²) in [6, 6.07) is 11.2. The van der Waals surface area contributed by atoms with Crippen LogP contribution in [0, 0.1) is 6.92 Å². The molecule has 0 aliphatic carbocycles. The first-order chi connectivity index (χ1) is 12.9. The molecule has 4 nitrogen and oxygen atoms in total. The molecule has 3 rings (SSSR count). The lowest BCUT2D eigenvalue weighted by Gasteiger charge is -2.28. The van der Waals surface area contributed by atoms with Crippen LogP contribution in [0.25, 0.3) is 0 Å². The van der Waals surface area contributed by atoms with Crippen molar-refractivity contribution in [2.75, 3.05) is 12.3 Å². The van der Waals surface area contributed by atoms with Crippen LogP contribution in [0.2, 0.25) is 5.02 Å². The average Bonchev–Trinajstić information content (AvgIpc) is 2.64. The molecular formula is C19H17ClF2N2O2S. The number of amidine groups is 1. The second kappa shape index (κ2) is 8.71. The summed E-state index contributed by atoms with van der Waals surface area (Å²) in [6.45, 7) is -0.535. The Morgan fingerprint density at radius 1 is 1.30 bits per heavy atom. The van der Waals surface area contributed by atoms with E-state index >= 15 is 0 Å². The van der Waals surface area contributed by atoms with E-state index in [-0.39, 0.29) is 17.2 Å². The van der Waals surface area contributed by atoms with Crippen molar-refractivity contribution in [3.05, 3.63) is 58.6 Å². The van der Waals surface area contributed by atoms with Gasteiger partial charge in [-0.3, -0.25) is 9.69 Å². The highest BCUT2D eigenvalue weighted by Crippen LogP contribution is 2.27. The lowest BCUT2D eigenvalue weighted by atomic mass is 10.2. The van der Waals surface area contributed by atoms with Gasteiger partial charge in [0.25, 0.3) is 5.91 Å². The van der Waals surface area contributed by atoms with E-state index in [1.165, 1.54) is 30.0 Å². The third-order valence-corrected chi connectivity index (χ3v) is 5.39. The first-order valence-corrected chi connectivity index (χ1v) is 9.65. The molecule has 8 heteroatoms. The fraction of sp³-hybridized carbons (Fsp3) is 0.263. The number of carbonyl (C=O) groups is 1. The van der Waals surface area contributed by atoms with Gasteiger partial charge in [-0.1, -0.05) is 35.5 Å². The third kappa shape index (κ3) is 4.99. The maximum atomic E-state index is 12.9. The summed E-state index contributed by atoms with van der Waals surface area (Å²) >= 11 is 7.63. The van der Waals surface area contributed by atoms with Crippen molar-refractivity contribution in [2.24, 2.45) is 4.99 Å². The minimum absolute atomic E-state index is 0.0516. The van der Waals surface area contributed by atoms with Crippen LogP contribution in [-0.2, 0) is 0 Å². The molecule has 0 spiro atoms. The van der Waals surface area contributed by atoms with Crippen LogP contribution in [0.3, 0.4) is 0 Å². The predicted molar refractivity (Wildman–Crippen MR) is 104 cm³/mol. The smallest absolute Gasteiger partial charge is 0.387 e. The third-order valence-electron chi connectivity index (χ3n) is 3.92. The quantitative estimate of drug-likeness (QED) is 0.666. The summed E-state index contributed by atoms with van der Waals surface area (Å²) in [6.07, 6.45) is 0.817. The molecule has 0 radical (unpaired) electrons. The Hall–Kier alpha value is -2.12. The second-order valence-electron chi connectivity index (χ2n) is 5.89. The molecule has 1 fully saturated rings. The van der Waals surface area contributed by atoms with Gasteiger partial charge in [-0.2, -0.15) is 8.78 Å². The Labute approximate surface area is 165 Å². The van der Waals surface area contributed by atoms with Crippen LogP contribution in [0.5, 0.6) is 5.75 Å². The molecule has 0 bridgehead atoms. The predicted octanol–water partition coefficient (Wildman–Crippen LogP) is 5.52. The molecule has 2 aromatic carbocycles. The molecule has 1 saturated heterocycles. The van der Waals surface area contributed by atoms with Gasteiger partial charge in [-0.25, -0.2) is 4.99 Å². The Morgan fingerprint density at radius 3 is 2.85 bits per heavy atom. The number of thioether (sulfide) groups is 1. The number of aliphatic imine (C=N–C) groups is 1. The number of alkyl halides is 2. The number of hydrogen-bond acceptors (Lipinski definition) is 4. The van der Waals surface area contributed by atoms with E-state index in [1.807, 2.05) is 19.1 Å². The van der Waals surface area contributed by atoms with Crippen molar-refractivity contribution >= 4 is 40.1 Å². The number of hydrogen-bond donors (Lipinski definition) is 0. The first-order valence-electron chi connectivity index (χ1n) is 8.28. The zero-order chi connectivity index (χ0) is 19.4. The molecule has 0 atom stereocenters. The molecule has 142 valence electrons. The lowest BCUT2D eigenvalue weighted by molar-refractivity contribution is -0.0498. The van der Waals surface area contributed by atoms with Crippen LogP contribution < -0.4 is 4.74 Å². The molecule has 2 aromatic rings. The van der Waals surface area contributed by atoms with Crippen molar-refractivity contribution in [3.63, 3.8) is 0 Å². The molecule has 0 N–H and O–H groups in total. The zero-order valence-corrected chi connectivity index (χ0v) is 16.1. The molecule has 0 saturated carbocycles. The van der Waals surface area contributed by atoms with E-state index in [4.69, 9.17) is 11.6 Å². The fourth-order valence-corrected chi connectivity index (χ4v) is 3.69. The van der Waals surface area contributed by atoms with Crippen molar-refractivity contribution in [3.8, 4) is 5.75 Å². The molecule has 27 heavy (non-hydrogen) atoms. The second-order valence-corrected chi connectivity index (χ2v) is 7.36. The van der Waals surface area contributed by atoms with Gasteiger partial charge in [0, 0.05) is 22.9 Å². The van der Waals surface area contributed by atoms with Gasteiger partial charge >= 0.3 is 6.61 Å². The van der Waals surface area contributed by atoms with Crippen LogP contribution in [0.1, 0.15) is 22.3 Å². The minimum atomic E-state index is -2.94. The Kier molecular flexibility index (Phi) is 6.34. The maximum Gasteiger partial charge on any atom is 0.387 e. The van der Waals surface area contributed by atoms with Crippen LogP contribution in [-0.4, -0.2) is 34.9 Å². The maximum absolute atomic E-state index is 12.9. The molecular weight excluding hydrogens is 394 g/mol. The lowest BCUT2D eigenvalue weighted by Crippen LogP contribution is -2.39. The van der Waals surface area contributed by atoms with E-state index in [9.17, 15) is 13.6 Å².